The molecule has 5 heteroatoms. The first-order valence-corrected chi connectivity index (χ1v) is 5.82. The fraction of sp³-hybridized carbons (Fsp3) is 1.00. The van der Waals surface area contributed by atoms with E-state index in [2.05, 4.69) is 4.72 Å². The van der Waals surface area contributed by atoms with Crippen LogP contribution in [0, 0.1) is 0 Å². The van der Waals surface area contributed by atoms with Crippen LogP contribution in [0.2, 0.25) is 0 Å². The molecule has 0 saturated carbocycles. The van der Waals surface area contributed by atoms with Crippen LogP contribution in [-0.4, -0.2) is 30.9 Å². The Morgan fingerprint density at radius 2 is 1.85 bits per heavy atom. The fourth-order valence-corrected chi connectivity index (χ4v) is 1.70. The third-order valence-electron chi connectivity index (χ3n) is 1.72. The van der Waals surface area contributed by atoms with Gasteiger partial charge in [-0.25, -0.2) is 13.1 Å². The minimum Gasteiger partial charge on any atom is -0.396 e. The molecule has 4 nitrogen and oxygen atoms in total. The predicted octanol–water partition coefficient (Wildman–Crippen LogP) is 0.475. The van der Waals surface area contributed by atoms with Crippen LogP contribution >= 0.6 is 0 Å². The number of hydrogen-bond acceptors (Lipinski definition) is 3. The van der Waals surface area contributed by atoms with Crippen molar-refractivity contribution >= 4 is 10.0 Å². The molecular formula is C8H19NO3S. The Kier molecular flexibility index (Phi) is 4.35. The number of hydrogen-bond donors (Lipinski definition) is 2. The standard InChI is InChI=1S/C8H19NO3S/c1-7(5-6-10)9-13(11,12)8(2,3)4/h7,9-10H,5-6H2,1-4H3. The smallest absolute Gasteiger partial charge is 0.216 e. The lowest BCUT2D eigenvalue weighted by Gasteiger charge is -2.22. The zero-order valence-electron chi connectivity index (χ0n) is 8.66. The molecule has 2 N–H and O–H groups in total. The van der Waals surface area contributed by atoms with Gasteiger partial charge in [0, 0.05) is 12.6 Å². The topological polar surface area (TPSA) is 66.4 Å². The molecule has 0 aromatic carbocycles. The van der Waals surface area contributed by atoms with Crippen LogP contribution in [0.5, 0.6) is 0 Å². The van der Waals surface area contributed by atoms with E-state index in [-0.39, 0.29) is 12.6 Å². The summed E-state index contributed by atoms with van der Waals surface area (Å²) in [6.45, 7) is 6.65. The van der Waals surface area contributed by atoms with Crippen molar-refractivity contribution in [3.63, 3.8) is 0 Å². The van der Waals surface area contributed by atoms with Crippen molar-refractivity contribution in [2.24, 2.45) is 0 Å². The summed E-state index contributed by atoms with van der Waals surface area (Å²) in [5.41, 5.74) is 0. The highest BCUT2D eigenvalue weighted by Gasteiger charge is 2.29. The summed E-state index contributed by atoms with van der Waals surface area (Å²) < 4.78 is 24.8. The van der Waals surface area contributed by atoms with Gasteiger partial charge in [-0.05, 0) is 34.1 Å². The predicted molar refractivity (Wildman–Crippen MR) is 53.0 cm³/mol. The Morgan fingerprint density at radius 1 is 1.38 bits per heavy atom. The van der Waals surface area contributed by atoms with Crippen molar-refractivity contribution < 1.29 is 13.5 Å². The quantitative estimate of drug-likeness (QED) is 0.707. The molecule has 0 aromatic rings. The first-order chi connectivity index (χ1) is 5.70. The zero-order chi connectivity index (χ0) is 10.7. The van der Waals surface area contributed by atoms with Crippen LogP contribution in [0.15, 0.2) is 0 Å². The van der Waals surface area contributed by atoms with Gasteiger partial charge in [-0.15, -0.1) is 0 Å². The molecule has 0 aliphatic carbocycles. The molecule has 0 fully saturated rings. The summed E-state index contributed by atoms with van der Waals surface area (Å²) in [7, 11) is -3.28. The Bertz CT molecular complexity index is 241. The molecule has 0 amide bonds. The monoisotopic (exact) mass is 209 g/mol. The summed E-state index contributed by atoms with van der Waals surface area (Å²) in [6, 6.07) is -0.214. The number of sulfonamides is 1. The number of aliphatic hydroxyl groups is 1. The van der Waals surface area contributed by atoms with Gasteiger partial charge >= 0.3 is 0 Å². The number of nitrogens with one attached hydrogen (secondary N) is 1. The number of aliphatic hydroxyl groups excluding tert-OH is 1. The van der Waals surface area contributed by atoms with Crippen LogP contribution in [-0.2, 0) is 10.0 Å². The van der Waals surface area contributed by atoms with Gasteiger partial charge in [0.2, 0.25) is 10.0 Å². The summed E-state index contributed by atoms with van der Waals surface area (Å²) in [6.07, 6.45) is 0.440. The van der Waals surface area contributed by atoms with E-state index in [0.29, 0.717) is 6.42 Å². The highest BCUT2D eigenvalue weighted by molar-refractivity contribution is 7.90. The van der Waals surface area contributed by atoms with E-state index in [1.165, 1.54) is 0 Å². The van der Waals surface area contributed by atoms with Crippen molar-refractivity contribution in [3.8, 4) is 0 Å². The minimum atomic E-state index is -3.28. The van der Waals surface area contributed by atoms with Gasteiger partial charge in [-0.3, -0.25) is 0 Å². The molecule has 0 aliphatic rings. The lowest BCUT2D eigenvalue weighted by molar-refractivity contribution is 0.275. The molecule has 80 valence electrons. The summed E-state index contributed by atoms with van der Waals surface area (Å²) >= 11 is 0. The normalized spacial score (nSPS) is 15.8. The van der Waals surface area contributed by atoms with Gasteiger partial charge < -0.3 is 5.11 Å². The highest BCUT2D eigenvalue weighted by Crippen LogP contribution is 2.13. The Hall–Kier alpha value is -0.130. The molecule has 0 aromatic heterocycles. The zero-order valence-corrected chi connectivity index (χ0v) is 9.48. The van der Waals surface area contributed by atoms with Gasteiger partial charge in [0.05, 0.1) is 4.75 Å². The Labute approximate surface area is 80.4 Å². The van der Waals surface area contributed by atoms with E-state index in [9.17, 15) is 8.42 Å². The van der Waals surface area contributed by atoms with Crippen LogP contribution in [0.25, 0.3) is 0 Å². The van der Waals surface area contributed by atoms with Crippen LogP contribution in [0.4, 0.5) is 0 Å². The molecule has 0 rings (SSSR count). The first kappa shape index (κ1) is 12.9. The lowest BCUT2D eigenvalue weighted by atomic mass is 10.3. The largest absolute Gasteiger partial charge is 0.396 e. The van der Waals surface area contributed by atoms with Gasteiger partial charge in [-0.1, -0.05) is 0 Å². The molecule has 0 bridgehead atoms. The second kappa shape index (κ2) is 4.39. The van der Waals surface area contributed by atoms with Crippen molar-refractivity contribution in [2.75, 3.05) is 6.61 Å². The van der Waals surface area contributed by atoms with Gasteiger partial charge in [-0.2, -0.15) is 0 Å². The van der Waals surface area contributed by atoms with Gasteiger partial charge in [0.25, 0.3) is 0 Å². The van der Waals surface area contributed by atoms with E-state index in [1.54, 1.807) is 27.7 Å². The average molecular weight is 209 g/mol. The Morgan fingerprint density at radius 3 is 2.15 bits per heavy atom. The van der Waals surface area contributed by atoms with Crippen LogP contribution < -0.4 is 4.72 Å². The van der Waals surface area contributed by atoms with Crippen LogP contribution in [0.3, 0.4) is 0 Å². The SMILES string of the molecule is CC(CCO)NS(=O)(=O)C(C)(C)C. The maximum atomic E-state index is 11.5. The summed E-state index contributed by atoms with van der Waals surface area (Å²) in [4.78, 5) is 0. The molecule has 0 heterocycles. The van der Waals surface area contributed by atoms with Gasteiger partial charge in [0.15, 0.2) is 0 Å². The van der Waals surface area contributed by atoms with E-state index in [4.69, 9.17) is 5.11 Å². The molecule has 0 radical (unpaired) electrons. The second-order valence-electron chi connectivity index (χ2n) is 4.15. The second-order valence-corrected chi connectivity index (χ2v) is 6.61. The fourth-order valence-electron chi connectivity index (χ4n) is 0.694. The third kappa shape index (κ3) is 4.06. The summed E-state index contributed by atoms with van der Waals surface area (Å²) in [5, 5.41) is 8.60. The summed E-state index contributed by atoms with van der Waals surface area (Å²) in [5.74, 6) is 0. The van der Waals surface area contributed by atoms with Crippen molar-refractivity contribution in [2.45, 2.75) is 44.9 Å². The maximum absolute atomic E-state index is 11.5. The van der Waals surface area contributed by atoms with E-state index < -0.39 is 14.8 Å². The lowest BCUT2D eigenvalue weighted by Crippen LogP contribution is -2.43. The molecule has 0 aliphatic heterocycles. The molecule has 1 atom stereocenters. The van der Waals surface area contributed by atoms with Crippen molar-refractivity contribution in [1.29, 1.82) is 0 Å². The third-order valence-corrected chi connectivity index (χ3v) is 4.05. The Balaban J connectivity index is 4.36. The molecule has 0 spiro atoms. The maximum Gasteiger partial charge on any atom is 0.216 e. The first-order valence-electron chi connectivity index (χ1n) is 4.33. The minimum absolute atomic E-state index is 0.00612. The van der Waals surface area contributed by atoms with E-state index in [0.717, 1.165) is 0 Å². The number of rotatable bonds is 4. The molecule has 13 heavy (non-hydrogen) atoms. The van der Waals surface area contributed by atoms with E-state index >= 15 is 0 Å². The van der Waals surface area contributed by atoms with Gasteiger partial charge in [0.1, 0.15) is 0 Å². The van der Waals surface area contributed by atoms with Crippen molar-refractivity contribution in [3.05, 3.63) is 0 Å². The average Bonchev–Trinajstić information content (AvgIpc) is 1.83. The molecular weight excluding hydrogens is 190 g/mol. The highest BCUT2D eigenvalue weighted by atomic mass is 32.2. The molecule has 0 saturated heterocycles. The van der Waals surface area contributed by atoms with E-state index in [1.807, 2.05) is 0 Å². The van der Waals surface area contributed by atoms with Crippen LogP contribution in [0.1, 0.15) is 34.1 Å². The van der Waals surface area contributed by atoms with Crippen molar-refractivity contribution in [1.82, 2.24) is 4.72 Å². The molecule has 1 unspecified atom stereocenters.